The summed E-state index contributed by atoms with van der Waals surface area (Å²) in [5, 5.41) is 11.0. The number of hydrogen-bond donors (Lipinski definition) is 3. The zero-order valence-corrected chi connectivity index (χ0v) is 18.4. The molecular weight excluding hydrogens is 400 g/mol. The van der Waals surface area contributed by atoms with Crippen molar-refractivity contribution in [1.82, 2.24) is 19.7 Å². The molecule has 0 saturated heterocycles. The Kier molecular flexibility index (Phi) is 4.81. The van der Waals surface area contributed by atoms with E-state index < -0.39 is 0 Å². The van der Waals surface area contributed by atoms with Crippen LogP contribution in [-0.4, -0.2) is 25.5 Å². The lowest BCUT2D eigenvalue weighted by atomic mass is 9.76. The quantitative estimate of drug-likeness (QED) is 0.395. The monoisotopic (exact) mass is 426 g/mol. The number of hydrogen-bond acceptors (Lipinski definition) is 5. The Morgan fingerprint density at radius 1 is 1.06 bits per heavy atom. The Labute approximate surface area is 186 Å². The van der Waals surface area contributed by atoms with Gasteiger partial charge in [0, 0.05) is 42.8 Å². The summed E-state index contributed by atoms with van der Waals surface area (Å²) in [6.45, 7) is 4.28. The maximum atomic E-state index is 13.2. The number of aromatic nitrogens is 4. The molecule has 0 aliphatic heterocycles. The summed E-state index contributed by atoms with van der Waals surface area (Å²) < 4.78 is 1.74. The van der Waals surface area contributed by atoms with Gasteiger partial charge in [0.05, 0.1) is 28.8 Å². The SMILES string of the molecule is Cn1cc(Nc2cc(-c3[nH]c4c(c3Nc3ccccc3)C(=O)CC(C)(C)C4)ccn2)cn1. The van der Waals surface area contributed by atoms with Crippen molar-refractivity contribution in [3.8, 4) is 11.3 Å². The molecule has 3 aromatic heterocycles. The van der Waals surface area contributed by atoms with Crippen LogP contribution < -0.4 is 10.6 Å². The standard InChI is InChI=1S/C25H26N6O/c1-25(2)12-19-22(20(32)13-25)24(29-17-7-5-4-6-8-17)23(30-19)16-9-10-26-21(11-16)28-18-14-27-31(3)15-18/h4-11,14-15,29-30H,12-13H2,1-3H3,(H,26,28). The number of fused-ring (bicyclic) bond motifs is 1. The topological polar surface area (TPSA) is 87.6 Å². The largest absolute Gasteiger partial charge is 0.356 e. The van der Waals surface area contributed by atoms with Gasteiger partial charge in [0.15, 0.2) is 5.78 Å². The number of rotatable bonds is 5. The lowest BCUT2D eigenvalue weighted by Gasteiger charge is -2.28. The van der Waals surface area contributed by atoms with Crippen molar-refractivity contribution in [2.75, 3.05) is 10.6 Å². The summed E-state index contributed by atoms with van der Waals surface area (Å²) in [6, 6.07) is 13.9. The highest BCUT2D eigenvalue weighted by molar-refractivity contribution is 6.07. The molecule has 162 valence electrons. The molecule has 0 saturated carbocycles. The van der Waals surface area contributed by atoms with E-state index in [9.17, 15) is 4.79 Å². The number of anilines is 4. The highest BCUT2D eigenvalue weighted by atomic mass is 16.1. The van der Waals surface area contributed by atoms with Crippen LogP contribution in [0.1, 0.15) is 36.3 Å². The molecule has 0 unspecified atom stereocenters. The molecule has 5 rings (SSSR count). The maximum Gasteiger partial charge on any atom is 0.167 e. The van der Waals surface area contributed by atoms with Crippen LogP contribution in [0.2, 0.25) is 0 Å². The molecule has 4 aromatic rings. The van der Waals surface area contributed by atoms with Gasteiger partial charge in [0.1, 0.15) is 5.82 Å². The molecule has 0 atom stereocenters. The third-order valence-corrected chi connectivity index (χ3v) is 5.72. The van der Waals surface area contributed by atoms with E-state index in [1.165, 1.54) is 0 Å². The van der Waals surface area contributed by atoms with Crippen LogP contribution in [0.15, 0.2) is 61.1 Å². The van der Waals surface area contributed by atoms with Crippen LogP contribution in [0.25, 0.3) is 11.3 Å². The number of H-pyrrole nitrogens is 1. The molecule has 1 aromatic carbocycles. The molecule has 32 heavy (non-hydrogen) atoms. The number of aryl methyl sites for hydroxylation is 1. The Balaban J connectivity index is 1.59. The van der Waals surface area contributed by atoms with Gasteiger partial charge in [-0.05, 0) is 36.1 Å². The number of nitrogens with zero attached hydrogens (tertiary/aromatic N) is 3. The minimum absolute atomic E-state index is 0.0680. The smallest absolute Gasteiger partial charge is 0.167 e. The van der Waals surface area contributed by atoms with Gasteiger partial charge in [-0.2, -0.15) is 5.10 Å². The van der Waals surface area contributed by atoms with Crippen LogP contribution in [0.3, 0.4) is 0 Å². The van der Waals surface area contributed by atoms with Gasteiger partial charge < -0.3 is 15.6 Å². The molecule has 1 aliphatic carbocycles. The molecule has 1 aliphatic rings. The normalized spacial score (nSPS) is 14.8. The second-order valence-electron chi connectivity index (χ2n) is 9.12. The van der Waals surface area contributed by atoms with Crippen molar-refractivity contribution in [2.24, 2.45) is 12.5 Å². The summed E-state index contributed by atoms with van der Waals surface area (Å²) in [6.07, 6.45) is 6.77. The van der Waals surface area contributed by atoms with Crippen LogP contribution in [0.4, 0.5) is 22.9 Å². The number of ketones is 1. The van der Waals surface area contributed by atoms with Crippen LogP contribution in [0.5, 0.6) is 0 Å². The average Bonchev–Trinajstić information content (AvgIpc) is 3.31. The number of pyridine rings is 1. The van der Waals surface area contributed by atoms with Crippen molar-refractivity contribution >= 4 is 28.7 Å². The lowest BCUT2D eigenvalue weighted by Crippen LogP contribution is -2.26. The predicted molar refractivity (Wildman–Crippen MR) is 127 cm³/mol. The Hall–Kier alpha value is -3.87. The number of para-hydroxylation sites is 1. The first-order valence-electron chi connectivity index (χ1n) is 10.7. The second-order valence-corrected chi connectivity index (χ2v) is 9.12. The van der Waals surface area contributed by atoms with E-state index in [1.807, 2.05) is 55.7 Å². The van der Waals surface area contributed by atoms with E-state index in [1.54, 1.807) is 17.1 Å². The van der Waals surface area contributed by atoms with E-state index in [-0.39, 0.29) is 11.2 Å². The zero-order valence-electron chi connectivity index (χ0n) is 18.4. The van der Waals surface area contributed by atoms with Gasteiger partial charge in [-0.3, -0.25) is 9.48 Å². The first-order valence-corrected chi connectivity index (χ1v) is 10.7. The Morgan fingerprint density at radius 3 is 2.62 bits per heavy atom. The van der Waals surface area contributed by atoms with E-state index in [2.05, 4.69) is 39.5 Å². The highest BCUT2D eigenvalue weighted by Gasteiger charge is 2.35. The summed E-state index contributed by atoms with van der Waals surface area (Å²) >= 11 is 0. The molecule has 0 amide bonds. The second kappa shape index (κ2) is 7.67. The maximum absolute atomic E-state index is 13.2. The molecule has 3 N–H and O–H groups in total. The molecule has 0 bridgehead atoms. The minimum Gasteiger partial charge on any atom is -0.356 e. The van der Waals surface area contributed by atoms with Crippen LogP contribution in [-0.2, 0) is 13.5 Å². The van der Waals surface area contributed by atoms with Gasteiger partial charge in [-0.25, -0.2) is 4.98 Å². The number of nitrogens with one attached hydrogen (secondary N) is 3. The first kappa shape index (κ1) is 20.1. The van der Waals surface area contributed by atoms with Crippen LogP contribution in [0, 0.1) is 5.41 Å². The zero-order chi connectivity index (χ0) is 22.3. The number of carbonyl (C=O) groups is 1. The minimum atomic E-state index is -0.0680. The lowest BCUT2D eigenvalue weighted by molar-refractivity contribution is 0.0912. The van der Waals surface area contributed by atoms with E-state index in [4.69, 9.17) is 0 Å². The molecule has 7 nitrogen and oxygen atoms in total. The van der Waals surface area contributed by atoms with Crippen molar-refractivity contribution < 1.29 is 4.79 Å². The third kappa shape index (κ3) is 3.89. The Morgan fingerprint density at radius 2 is 1.88 bits per heavy atom. The number of carbonyl (C=O) groups excluding carboxylic acids is 1. The fourth-order valence-electron chi connectivity index (χ4n) is 4.35. The van der Waals surface area contributed by atoms with Crippen molar-refractivity contribution in [1.29, 1.82) is 0 Å². The predicted octanol–water partition coefficient (Wildman–Crippen LogP) is 5.45. The van der Waals surface area contributed by atoms with Crippen molar-refractivity contribution in [3.05, 3.63) is 72.3 Å². The molecular formula is C25H26N6O. The number of aromatic amines is 1. The van der Waals surface area contributed by atoms with Gasteiger partial charge in [0.25, 0.3) is 0 Å². The summed E-state index contributed by atoms with van der Waals surface area (Å²) in [5.74, 6) is 0.875. The summed E-state index contributed by atoms with van der Waals surface area (Å²) in [4.78, 5) is 21.2. The number of benzene rings is 1. The molecule has 0 fully saturated rings. The van der Waals surface area contributed by atoms with Crippen molar-refractivity contribution in [3.63, 3.8) is 0 Å². The molecule has 7 heteroatoms. The van der Waals surface area contributed by atoms with E-state index in [0.717, 1.165) is 46.0 Å². The highest BCUT2D eigenvalue weighted by Crippen LogP contribution is 2.43. The van der Waals surface area contributed by atoms with Gasteiger partial charge in [-0.1, -0.05) is 32.0 Å². The van der Waals surface area contributed by atoms with Crippen LogP contribution >= 0.6 is 0 Å². The molecule has 0 radical (unpaired) electrons. The third-order valence-electron chi connectivity index (χ3n) is 5.72. The number of Topliss-reactive ketones (excluding diaryl/α,β-unsaturated/α-hetero) is 1. The Bertz CT molecular complexity index is 1290. The molecule has 0 spiro atoms. The summed E-state index contributed by atoms with van der Waals surface area (Å²) in [7, 11) is 1.87. The first-order chi connectivity index (χ1) is 15.4. The van der Waals surface area contributed by atoms with E-state index >= 15 is 0 Å². The van der Waals surface area contributed by atoms with Crippen molar-refractivity contribution in [2.45, 2.75) is 26.7 Å². The van der Waals surface area contributed by atoms with Gasteiger partial charge >= 0.3 is 0 Å². The fourth-order valence-corrected chi connectivity index (χ4v) is 4.35. The molecule has 3 heterocycles. The van der Waals surface area contributed by atoms with E-state index in [0.29, 0.717) is 12.2 Å². The van der Waals surface area contributed by atoms with Gasteiger partial charge in [-0.15, -0.1) is 0 Å². The average molecular weight is 427 g/mol. The summed E-state index contributed by atoms with van der Waals surface area (Å²) in [5.41, 5.74) is 6.15. The fraction of sp³-hybridized carbons (Fsp3) is 0.240. The van der Waals surface area contributed by atoms with Gasteiger partial charge in [0.2, 0.25) is 0 Å².